The van der Waals surface area contributed by atoms with E-state index >= 15 is 0 Å². The van der Waals surface area contributed by atoms with E-state index in [0.717, 1.165) is 37.0 Å². The fourth-order valence-corrected chi connectivity index (χ4v) is 5.14. The number of nitrogens with zero attached hydrogens (tertiary/aromatic N) is 2. The fourth-order valence-electron chi connectivity index (χ4n) is 5.14. The topological polar surface area (TPSA) is 94.2 Å². The highest BCUT2D eigenvalue weighted by atomic mass is 16.3. The van der Waals surface area contributed by atoms with Gasteiger partial charge >= 0.3 is 0 Å². The number of phenols is 1. The summed E-state index contributed by atoms with van der Waals surface area (Å²) in [4.78, 5) is 30.8. The van der Waals surface area contributed by atoms with E-state index in [1.54, 1.807) is 30.3 Å². The molecular formula is C29H24N2O5. The SMILES string of the molecule is O=C(C1=C(O)C(=O)N(c2ccc(N3CCCC3)cc2)C1c1cccc(O)c1)c1cc2ccccc2o1. The summed E-state index contributed by atoms with van der Waals surface area (Å²) in [5.41, 5.74) is 2.54. The summed E-state index contributed by atoms with van der Waals surface area (Å²) in [5.74, 6) is -1.87. The van der Waals surface area contributed by atoms with E-state index in [1.807, 2.05) is 36.4 Å². The number of carbonyl (C=O) groups excluding carboxylic acids is 2. The van der Waals surface area contributed by atoms with E-state index in [2.05, 4.69) is 4.90 Å². The number of phenolic OH excluding ortho intramolecular Hbond substituents is 1. The molecule has 2 N–H and O–H groups in total. The highest BCUT2D eigenvalue weighted by Gasteiger charge is 2.45. The zero-order valence-corrected chi connectivity index (χ0v) is 19.4. The van der Waals surface area contributed by atoms with Crippen molar-refractivity contribution in [2.24, 2.45) is 0 Å². The van der Waals surface area contributed by atoms with Crippen molar-refractivity contribution in [3.05, 3.63) is 102 Å². The third-order valence-corrected chi connectivity index (χ3v) is 6.89. The normalized spacial score (nSPS) is 18.0. The minimum atomic E-state index is -0.942. The maximum atomic E-state index is 13.7. The number of hydrogen-bond acceptors (Lipinski definition) is 6. The smallest absolute Gasteiger partial charge is 0.294 e. The lowest BCUT2D eigenvalue weighted by molar-refractivity contribution is -0.117. The number of rotatable bonds is 5. The van der Waals surface area contributed by atoms with Gasteiger partial charge in [0.1, 0.15) is 11.3 Å². The number of aliphatic hydroxyl groups is 1. The number of aromatic hydroxyl groups is 1. The second kappa shape index (κ2) is 8.61. The van der Waals surface area contributed by atoms with E-state index in [-0.39, 0.29) is 17.1 Å². The Hall–Kier alpha value is -4.52. The van der Waals surface area contributed by atoms with Gasteiger partial charge in [-0.25, -0.2) is 0 Å². The van der Waals surface area contributed by atoms with Crippen LogP contribution in [0.3, 0.4) is 0 Å². The molecule has 7 nitrogen and oxygen atoms in total. The van der Waals surface area contributed by atoms with Crippen LogP contribution in [0.5, 0.6) is 5.75 Å². The molecule has 0 spiro atoms. The molecule has 1 atom stereocenters. The van der Waals surface area contributed by atoms with Crippen molar-refractivity contribution < 1.29 is 24.2 Å². The standard InChI is InChI=1S/C29H24N2O5/c32-22-8-5-7-19(16-22)26-25(27(33)24-17-18-6-1-2-9-23(18)36-24)28(34)29(35)31(26)21-12-10-20(11-13-21)30-14-3-4-15-30/h1-2,5-13,16-17,26,32,34H,3-4,14-15H2. The van der Waals surface area contributed by atoms with Gasteiger partial charge in [-0.1, -0.05) is 30.3 Å². The Morgan fingerprint density at radius 1 is 0.861 bits per heavy atom. The summed E-state index contributed by atoms with van der Waals surface area (Å²) >= 11 is 0. The predicted octanol–water partition coefficient (Wildman–Crippen LogP) is 5.52. The number of amides is 1. The molecule has 2 aliphatic rings. The second-order valence-corrected chi connectivity index (χ2v) is 9.12. The van der Waals surface area contributed by atoms with Gasteiger partial charge in [0.25, 0.3) is 5.91 Å². The zero-order valence-electron chi connectivity index (χ0n) is 19.4. The lowest BCUT2D eigenvalue weighted by Gasteiger charge is -2.27. The molecule has 0 radical (unpaired) electrons. The number of benzene rings is 3. The Balaban J connectivity index is 1.44. The molecule has 1 amide bonds. The van der Waals surface area contributed by atoms with Crippen molar-refractivity contribution >= 4 is 34.0 Å². The third-order valence-electron chi connectivity index (χ3n) is 6.89. The van der Waals surface area contributed by atoms with Crippen LogP contribution >= 0.6 is 0 Å². The van der Waals surface area contributed by atoms with Crippen molar-refractivity contribution in [3.8, 4) is 5.75 Å². The molecule has 1 saturated heterocycles. The Labute approximate surface area is 207 Å². The largest absolute Gasteiger partial charge is 0.508 e. The first-order chi connectivity index (χ1) is 17.5. The lowest BCUT2D eigenvalue weighted by Crippen LogP contribution is -2.31. The van der Waals surface area contributed by atoms with Crippen LogP contribution in [-0.4, -0.2) is 35.0 Å². The summed E-state index contributed by atoms with van der Waals surface area (Å²) in [7, 11) is 0. The molecule has 0 saturated carbocycles. The van der Waals surface area contributed by atoms with Crippen LogP contribution in [0.4, 0.5) is 11.4 Å². The molecule has 36 heavy (non-hydrogen) atoms. The fraction of sp³-hybridized carbons (Fsp3) is 0.172. The molecule has 180 valence electrons. The Kier molecular flexibility index (Phi) is 5.25. The van der Waals surface area contributed by atoms with Gasteiger partial charge in [-0.15, -0.1) is 0 Å². The maximum Gasteiger partial charge on any atom is 0.294 e. The van der Waals surface area contributed by atoms with Gasteiger partial charge in [0.05, 0.1) is 11.6 Å². The van der Waals surface area contributed by atoms with Gasteiger partial charge in [-0.3, -0.25) is 14.5 Å². The van der Waals surface area contributed by atoms with Crippen LogP contribution in [-0.2, 0) is 4.79 Å². The number of carbonyl (C=O) groups is 2. The highest BCUT2D eigenvalue weighted by molar-refractivity contribution is 6.20. The Morgan fingerprint density at radius 2 is 1.58 bits per heavy atom. The number of hydrogen-bond donors (Lipinski definition) is 2. The van der Waals surface area contributed by atoms with Gasteiger partial charge in [0.2, 0.25) is 5.78 Å². The average Bonchev–Trinajstić information content (AvgIpc) is 3.63. The number of anilines is 2. The molecule has 6 rings (SSSR count). The van der Waals surface area contributed by atoms with Crippen molar-refractivity contribution in [1.82, 2.24) is 0 Å². The van der Waals surface area contributed by atoms with E-state index < -0.39 is 23.5 Å². The Bertz CT molecular complexity index is 1480. The molecule has 1 fully saturated rings. The quantitative estimate of drug-likeness (QED) is 0.365. The van der Waals surface area contributed by atoms with Crippen LogP contribution in [0.25, 0.3) is 11.0 Å². The summed E-state index contributed by atoms with van der Waals surface area (Å²) in [5, 5.41) is 21.9. The molecule has 1 unspecified atom stereocenters. The van der Waals surface area contributed by atoms with Gasteiger partial charge in [-0.2, -0.15) is 0 Å². The number of aliphatic hydroxyl groups excluding tert-OH is 1. The molecule has 3 heterocycles. The number of para-hydroxylation sites is 1. The van der Waals surface area contributed by atoms with Crippen molar-refractivity contribution in [1.29, 1.82) is 0 Å². The first kappa shape index (κ1) is 22.0. The average molecular weight is 481 g/mol. The summed E-state index contributed by atoms with van der Waals surface area (Å²) in [6.45, 7) is 1.98. The highest BCUT2D eigenvalue weighted by Crippen LogP contribution is 2.43. The van der Waals surface area contributed by atoms with Gasteiger partial charge < -0.3 is 19.5 Å². The molecule has 0 aliphatic carbocycles. The molecule has 4 aromatic rings. The molecule has 7 heteroatoms. The maximum absolute atomic E-state index is 13.7. The summed E-state index contributed by atoms with van der Waals surface area (Å²) in [6.07, 6.45) is 2.30. The van der Waals surface area contributed by atoms with Crippen LogP contribution < -0.4 is 9.80 Å². The second-order valence-electron chi connectivity index (χ2n) is 9.12. The predicted molar refractivity (Wildman–Crippen MR) is 136 cm³/mol. The van der Waals surface area contributed by atoms with Gasteiger partial charge in [0, 0.05) is 29.9 Å². The molecule has 1 aromatic heterocycles. The minimum absolute atomic E-state index is 0.00814. The Morgan fingerprint density at radius 3 is 2.31 bits per heavy atom. The van der Waals surface area contributed by atoms with E-state index in [9.17, 15) is 19.8 Å². The molecule has 3 aromatic carbocycles. The molecule has 0 bridgehead atoms. The van der Waals surface area contributed by atoms with Crippen LogP contribution in [0.2, 0.25) is 0 Å². The number of ketones is 1. The van der Waals surface area contributed by atoms with Gasteiger partial charge in [-0.05, 0) is 66.9 Å². The summed E-state index contributed by atoms with van der Waals surface area (Å²) in [6, 6.07) is 21.8. The number of Topliss-reactive ketones (excluding diaryl/α,β-unsaturated/α-hetero) is 1. The number of fused-ring (bicyclic) bond motifs is 1. The molecule has 2 aliphatic heterocycles. The van der Waals surface area contributed by atoms with Crippen molar-refractivity contribution in [2.75, 3.05) is 22.9 Å². The van der Waals surface area contributed by atoms with Crippen LogP contribution in [0, 0.1) is 0 Å². The third kappa shape index (κ3) is 3.60. The monoisotopic (exact) mass is 480 g/mol. The van der Waals surface area contributed by atoms with E-state index in [4.69, 9.17) is 4.42 Å². The summed E-state index contributed by atoms with van der Waals surface area (Å²) < 4.78 is 5.77. The van der Waals surface area contributed by atoms with Crippen LogP contribution in [0.1, 0.15) is 35.0 Å². The zero-order chi connectivity index (χ0) is 24.8. The molecular weight excluding hydrogens is 456 g/mol. The van der Waals surface area contributed by atoms with E-state index in [0.29, 0.717) is 16.8 Å². The minimum Gasteiger partial charge on any atom is -0.508 e. The van der Waals surface area contributed by atoms with Crippen LogP contribution in [0.15, 0.2) is 94.6 Å². The van der Waals surface area contributed by atoms with Crippen molar-refractivity contribution in [3.63, 3.8) is 0 Å². The number of furan rings is 1. The first-order valence-corrected chi connectivity index (χ1v) is 11.9. The lowest BCUT2D eigenvalue weighted by atomic mass is 9.94. The van der Waals surface area contributed by atoms with Crippen molar-refractivity contribution in [2.45, 2.75) is 18.9 Å². The van der Waals surface area contributed by atoms with Gasteiger partial charge in [0.15, 0.2) is 11.5 Å². The first-order valence-electron chi connectivity index (χ1n) is 11.9. The van der Waals surface area contributed by atoms with E-state index in [1.165, 1.54) is 17.0 Å².